The van der Waals surface area contributed by atoms with Crippen LogP contribution in [0.2, 0.25) is 0 Å². The molecule has 6 nitrogen and oxygen atoms in total. The van der Waals surface area contributed by atoms with E-state index >= 15 is 0 Å². The molecule has 0 saturated carbocycles. The Hall–Kier alpha value is -1.14. The molecule has 1 rings (SSSR count). The lowest BCUT2D eigenvalue weighted by molar-refractivity contribution is -0.129. The lowest BCUT2D eigenvalue weighted by Crippen LogP contribution is -2.36. The van der Waals surface area contributed by atoms with Crippen molar-refractivity contribution in [2.24, 2.45) is 11.8 Å². The van der Waals surface area contributed by atoms with Gasteiger partial charge in [-0.25, -0.2) is 0 Å². The van der Waals surface area contributed by atoms with Gasteiger partial charge in [-0.2, -0.15) is 0 Å². The summed E-state index contributed by atoms with van der Waals surface area (Å²) in [6.45, 7) is 3.82. The second-order valence-corrected chi connectivity index (χ2v) is 4.77. The zero-order valence-electron chi connectivity index (χ0n) is 11.0. The van der Waals surface area contributed by atoms with E-state index < -0.39 is 0 Å². The summed E-state index contributed by atoms with van der Waals surface area (Å²) in [6, 6.07) is 0. The van der Waals surface area contributed by atoms with Gasteiger partial charge in [-0.3, -0.25) is 9.59 Å². The second-order valence-electron chi connectivity index (χ2n) is 4.77. The Morgan fingerprint density at radius 2 is 2.39 bits per heavy atom. The number of ether oxygens (including phenoxy) is 1. The molecule has 0 aliphatic carbocycles. The molecule has 0 aromatic carbocycles. The number of aliphatic hydroxyl groups excluding tert-OH is 1. The van der Waals surface area contributed by atoms with Gasteiger partial charge in [-0.05, 0) is 5.92 Å². The number of carbonyl (C=O) groups excluding carboxylic acids is 2. The molecular weight excluding hydrogens is 236 g/mol. The van der Waals surface area contributed by atoms with Crippen LogP contribution in [0.5, 0.6) is 0 Å². The van der Waals surface area contributed by atoms with Crippen LogP contribution in [-0.4, -0.2) is 61.8 Å². The minimum absolute atomic E-state index is 0.00223. The summed E-state index contributed by atoms with van der Waals surface area (Å²) in [5.74, 6) is -0.345. The predicted molar refractivity (Wildman–Crippen MR) is 65.8 cm³/mol. The van der Waals surface area contributed by atoms with Gasteiger partial charge in [0.2, 0.25) is 11.8 Å². The monoisotopic (exact) mass is 258 g/mol. The zero-order chi connectivity index (χ0) is 13.5. The molecule has 0 aromatic rings. The number of likely N-dealkylation sites (tertiary alicyclic amines) is 1. The standard InChI is InChI=1S/C12H22N2O4/c1-9(8-15)6-13-12(17)10-5-11(16)14(7-10)3-4-18-2/h9-10,15H,3-8H2,1-2H3,(H,13,17). The molecule has 18 heavy (non-hydrogen) atoms. The quantitative estimate of drug-likeness (QED) is 0.628. The van der Waals surface area contributed by atoms with E-state index in [9.17, 15) is 9.59 Å². The zero-order valence-corrected chi connectivity index (χ0v) is 11.0. The van der Waals surface area contributed by atoms with Crippen LogP contribution in [0.15, 0.2) is 0 Å². The molecule has 2 N–H and O–H groups in total. The molecule has 104 valence electrons. The first-order chi connectivity index (χ1) is 8.58. The summed E-state index contributed by atoms with van der Waals surface area (Å²) >= 11 is 0. The predicted octanol–water partition coefficient (Wildman–Crippen LogP) is -0.774. The number of nitrogens with one attached hydrogen (secondary N) is 1. The highest BCUT2D eigenvalue weighted by atomic mass is 16.5. The average Bonchev–Trinajstić information content (AvgIpc) is 2.74. The van der Waals surface area contributed by atoms with Crippen LogP contribution in [-0.2, 0) is 14.3 Å². The van der Waals surface area contributed by atoms with Crippen LogP contribution >= 0.6 is 0 Å². The molecule has 1 heterocycles. The van der Waals surface area contributed by atoms with E-state index in [0.29, 0.717) is 26.2 Å². The Bertz CT molecular complexity index is 296. The molecule has 1 fully saturated rings. The number of aliphatic hydroxyl groups is 1. The lowest BCUT2D eigenvalue weighted by atomic mass is 10.1. The fourth-order valence-electron chi connectivity index (χ4n) is 1.85. The minimum atomic E-state index is -0.278. The molecule has 0 aromatic heterocycles. The fourth-order valence-corrected chi connectivity index (χ4v) is 1.85. The Kier molecular flexibility index (Phi) is 6.07. The second kappa shape index (κ2) is 7.33. The first-order valence-corrected chi connectivity index (χ1v) is 6.23. The van der Waals surface area contributed by atoms with E-state index in [-0.39, 0.29) is 36.7 Å². The summed E-state index contributed by atoms with van der Waals surface area (Å²) in [5, 5.41) is 11.6. The van der Waals surface area contributed by atoms with Gasteiger partial charge < -0.3 is 20.1 Å². The molecule has 6 heteroatoms. The van der Waals surface area contributed by atoms with Crippen LogP contribution in [0.4, 0.5) is 0 Å². The van der Waals surface area contributed by atoms with E-state index in [4.69, 9.17) is 9.84 Å². The molecule has 0 radical (unpaired) electrons. The van der Waals surface area contributed by atoms with E-state index in [1.807, 2.05) is 6.92 Å². The van der Waals surface area contributed by atoms with Crippen LogP contribution in [0.1, 0.15) is 13.3 Å². The molecule has 0 bridgehead atoms. The van der Waals surface area contributed by atoms with Gasteiger partial charge in [0, 0.05) is 39.8 Å². The molecule has 1 saturated heterocycles. The van der Waals surface area contributed by atoms with Gasteiger partial charge in [-0.1, -0.05) is 6.92 Å². The fraction of sp³-hybridized carbons (Fsp3) is 0.833. The molecule has 0 spiro atoms. The van der Waals surface area contributed by atoms with Crippen molar-refractivity contribution in [2.75, 3.05) is 40.0 Å². The van der Waals surface area contributed by atoms with Gasteiger partial charge in [-0.15, -0.1) is 0 Å². The highest BCUT2D eigenvalue weighted by Gasteiger charge is 2.33. The molecule has 2 atom stereocenters. The van der Waals surface area contributed by atoms with Crippen molar-refractivity contribution < 1.29 is 19.4 Å². The van der Waals surface area contributed by atoms with Crippen molar-refractivity contribution in [3.8, 4) is 0 Å². The third-order valence-electron chi connectivity index (χ3n) is 3.09. The largest absolute Gasteiger partial charge is 0.396 e. The van der Waals surface area contributed by atoms with Crippen molar-refractivity contribution in [3.63, 3.8) is 0 Å². The van der Waals surface area contributed by atoms with Gasteiger partial charge >= 0.3 is 0 Å². The first-order valence-electron chi connectivity index (χ1n) is 6.23. The maximum absolute atomic E-state index is 11.8. The Morgan fingerprint density at radius 3 is 3.00 bits per heavy atom. The van der Waals surface area contributed by atoms with Crippen LogP contribution in [0.25, 0.3) is 0 Å². The van der Waals surface area contributed by atoms with Crippen molar-refractivity contribution in [1.29, 1.82) is 0 Å². The van der Waals surface area contributed by atoms with Gasteiger partial charge in [0.05, 0.1) is 12.5 Å². The van der Waals surface area contributed by atoms with Crippen molar-refractivity contribution in [3.05, 3.63) is 0 Å². The van der Waals surface area contributed by atoms with Gasteiger partial charge in [0.15, 0.2) is 0 Å². The van der Waals surface area contributed by atoms with Crippen molar-refractivity contribution >= 4 is 11.8 Å². The number of nitrogens with zero attached hydrogens (tertiary/aromatic N) is 1. The number of carbonyl (C=O) groups is 2. The normalized spacial score (nSPS) is 21.2. The van der Waals surface area contributed by atoms with Crippen LogP contribution < -0.4 is 5.32 Å². The van der Waals surface area contributed by atoms with Gasteiger partial charge in [0.1, 0.15) is 0 Å². The molecule has 2 unspecified atom stereocenters. The van der Waals surface area contributed by atoms with E-state index in [0.717, 1.165) is 0 Å². The number of amides is 2. The average molecular weight is 258 g/mol. The third-order valence-corrected chi connectivity index (χ3v) is 3.09. The summed E-state index contributed by atoms with van der Waals surface area (Å²) in [4.78, 5) is 25.1. The Balaban J connectivity index is 2.35. The first kappa shape index (κ1) is 14.9. The third kappa shape index (κ3) is 4.27. The van der Waals surface area contributed by atoms with E-state index in [1.54, 1.807) is 12.0 Å². The van der Waals surface area contributed by atoms with Crippen LogP contribution in [0.3, 0.4) is 0 Å². The highest BCUT2D eigenvalue weighted by Crippen LogP contribution is 2.17. The molecule has 1 aliphatic heterocycles. The minimum Gasteiger partial charge on any atom is -0.396 e. The Labute approximate surface area is 107 Å². The smallest absolute Gasteiger partial charge is 0.225 e. The molecule has 2 amide bonds. The summed E-state index contributed by atoms with van der Waals surface area (Å²) in [7, 11) is 1.58. The van der Waals surface area contributed by atoms with Crippen molar-refractivity contribution in [1.82, 2.24) is 10.2 Å². The van der Waals surface area contributed by atoms with Gasteiger partial charge in [0.25, 0.3) is 0 Å². The number of hydrogen-bond acceptors (Lipinski definition) is 4. The topological polar surface area (TPSA) is 78.9 Å². The summed E-state index contributed by atoms with van der Waals surface area (Å²) in [5.41, 5.74) is 0. The SMILES string of the molecule is COCCN1CC(C(=O)NCC(C)CO)CC1=O. The van der Waals surface area contributed by atoms with E-state index in [2.05, 4.69) is 5.32 Å². The Morgan fingerprint density at radius 1 is 1.67 bits per heavy atom. The van der Waals surface area contributed by atoms with Crippen LogP contribution in [0, 0.1) is 11.8 Å². The molecule has 1 aliphatic rings. The number of rotatable bonds is 7. The summed E-state index contributed by atoms with van der Waals surface area (Å²) in [6.07, 6.45) is 0.267. The maximum atomic E-state index is 11.8. The maximum Gasteiger partial charge on any atom is 0.225 e. The molecular formula is C12H22N2O4. The summed E-state index contributed by atoms with van der Waals surface area (Å²) < 4.78 is 4.92. The number of hydrogen-bond donors (Lipinski definition) is 2. The van der Waals surface area contributed by atoms with Crippen molar-refractivity contribution in [2.45, 2.75) is 13.3 Å². The van der Waals surface area contributed by atoms with E-state index in [1.165, 1.54) is 0 Å². The highest BCUT2D eigenvalue weighted by molar-refractivity contribution is 5.89. The lowest BCUT2D eigenvalue weighted by Gasteiger charge is -2.16. The number of methoxy groups -OCH3 is 1.